The first kappa shape index (κ1) is 15.3. The van der Waals surface area contributed by atoms with E-state index in [0.717, 1.165) is 18.7 Å². The molecule has 0 bridgehead atoms. The molecule has 0 aliphatic heterocycles. The van der Waals surface area contributed by atoms with Gasteiger partial charge in [0.05, 0.1) is 0 Å². The topological polar surface area (TPSA) is 21.3 Å². The van der Waals surface area contributed by atoms with Gasteiger partial charge in [-0.25, -0.2) is 0 Å². The minimum Gasteiger partial charge on any atom is -0.485 e. The maximum Gasteiger partial charge on any atom is 0.125 e. The molecule has 0 aromatic heterocycles. The molecular formula is C17H20INO. The second-order valence-corrected chi connectivity index (χ2v) is 6.06. The summed E-state index contributed by atoms with van der Waals surface area (Å²) in [7, 11) is 1.97. The summed E-state index contributed by atoms with van der Waals surface area (Å²) >= 11 is 2.32. The van der Waals surface area contributed by atoms with Gasteiger partial charge in [-0.3, -0.25) is 0 Å². The van der Waals surface area contributed by atoms with E-state index in [1.165, 1.54) is 14.7 Å². The van der Waals surface area contributed by atoms with Gasteiger partial charge in [-0.15, -0.1) is 0 Å². The molecule has 0 fully saturated rings. The Morgan fingerprint density at radius 1 is 1.15 bits per heavy atom. The van der Waals surface area contributed by atoms with Crippen molar-refractivity contribution < 1.29 is 4.74 Å². The minimum absolute atomic E-state index is 0.0856. The van der Waals surface area contributed by atoms with Crippen LogP contribution >= 0.6 is 22.6 Å². The average molecular weight is 379 g/mol. The van der Waals surface area contributed by atoms with Crippen LogP contribution in [0.1, 0.15) is 23.7 Å². The Balaban J connectivity index is 2.19. The van der Waals surface area contributed by atoms with Gasteiger partial charge >= 0.3 is 0 Å². The van der Waals surface area contributed by atoms with Crippen LogP contribution in [-0.2, 0) is 0 Å². The first-order chi connectivity index (χ1) is 9.70. The van der Waals surface area contributed by atoms with Crippen LogP contribution in [0, 0.1) is 10.5 Å². The van der Waals surface area contributed by atoms with Crippen molar-refractivity contribution in [1.82, 2.24) is 5.32 Å². The molecule has 2 nitrogen and oxygen atoms in total. The van der Waals surface area contributed by atoms with Crippen LogP contribution in [0.4, 0.5) is 0 Å². The number of rotatable bonds is 6. The number of benzene rings is 2. The number of hydrogen-bond acceptors (Lipinski definition) is 2. The van der Waals surface area contributed by atoms with Crippen molar-refractivity contribution in [3.05, 3.63) is 63.2 Å². The van der Waals surface area contributed by atoms with Gasteiger partial charge in [-0.1, -0.05) is 30.3 Å². The summed E-state index contributed by atoms with van der Waals surface area (Å²) in [5.41, 5.74) is 2.41. The average Bonchev–Trinajstić information content (AvgIpc) is 2.46. The molecule has 20 heavy (non-hydrogen) atoms. The zero-order chi connectivity index (χ0) is 14.4. The lowest BCUT2D eigenvalue weighted by atomic mass is 10.1. The molecule has 3 heteroatoms. The zero-order valence-corrected chi connectivity index (χ0v) is 14.1. The van der Waals surface area contributed by atoms with Gasteiger partial charge in [0.25, 0.3) is 0 Å². The van der Waals surface area contributed by atoms with Crippen LogP contribution in [0.25, 0.3) is 0 Å². The van der Waals surface area contributed by atoms with E-state index < -0.39 is 0 Å². The molecule has 0 saturated heterocycles. The fourth-order valence-corrected chi connectivity index (χ4v) is 2.78. The van der Waals surface area contributed by atoms with E-state index in [9.17, 15) is 0 Å². The summed E-state index contributed by atoms with van der Waals surface area (Å²) in [6, 6.07) is 16.7. The van der Waals surface area contributed by atoms with Gasteiger partial charge in [0.2, 0.25) is 0 Å². The zero-order valence-electron chi connectivity index (χ0n) is 11.9. The predicted octanol–water partition coefficient (Wildman–Crippen LogP) is 4.33. The fraction of sp³-hybridized carbons (Fsp3) is 0.294. The maximum absolute atomic E-state index is 6.25. The Labute approximate surface area is 134 Å². The third-order valence-corrected chi connectivity index (χ3v) is 3.91. The monoisotopic (exact) mass is 379 g/mol. The second kappa shape index (κ2) is 7.64. The smallest absolute Gasteiger partial charge is 0.125 e. The normalized spacial score (nSPS) is 12.2. The van der Waals surface area contributed by atoms with Crippen LogP contribution in [0.5, 0.6) is 5.75 Å². The SMILES string of the molecule is CNCC[C@@H](Oc1ccc([125I])cc1C)c1ccccc1. The van der Waals surface area contributed by atoms with Crippen LogP contribution in [0.2, 0.25) is 0 Å². The molecule has 1 atom stereocenters. The number of aryl methyl sites for hydroxylation is 1. The van der Waals surface area contributed by atoms with Crippen molar-refractivity contribution in [3.8, 4) is 5.75 Å². The van der Waals surface area contributed by atoms with Crippen molar-refractivity contribution in [2.45, 2.75) is 19.4 Å². The Kier molecular flexibility index (Phi) is 5.86. The Bertz CT molecular complexity index is 542. The lowest BCUT2D eigenvalue weighted by Crippen LogP contribution is -2.16. The summed E-state index contributed by atoms with van der Waals surface area (Å²) in [4.78, 5) is 0. The number of ether oxygens (including phenoxy) is 1. The highest BCUT2D eigenvalue weighted by atomic mass is 125. The lowest BCUT2D eigenvalue weighted by Gasteiger charge is -2.21. The molecule has 0 radical (unpaired) electrons. The lowest BCUT2D eigenvalue weighted by molar-refractivity contribution is 0.193. The van der Waals surface area contributed by atoms with Gasteiger partial charge < -0.3 is 10.1 Å². The number of nitrogens with one attached hydrogen (secondary N) is 1. The van der Waals surface area contributed by atoms with E-state index in [2.05, 4.69) is 77.3 Å². The third-order valence-electron chi connectivity index (χ3n) is 3.23. The van der Waals surface area contributed by atoms with Crippen LogP contribution in [0.3, 0.4) is 0 Å². The van der Waals surface area contributed by atoms with E-state index in [4.69, 9.17) is 4.74 Å². The van der Waals surface area contributed by atoms with E-state index in [1.54, 1.807) is 0 Å². The molecule has 0 heterocycles. The standard InChI is InChI=1S/C17H20INO/c1-13-12-15(18)8-9-16(13)20-17(10-11-19-2)14-6-4-3-5-7-14/h3-9,12,17,19H,10-11H2,1-2H3/t17-/m1/s1/i18-2. The van der Waals surface area contributed by atoms with E-state index >= 15 is 0 Å². The first-order valence-corrected chi connectivity index (χ1v) is 7.91. The Hall–Kier alpha value is -1.07. The number of halogens is 1. The van der Waals surface area contributed by atoms with Gasteiger partial charge in [0.15, 0.2) is 0 Å². The minimum atomic E-state index is 0.0856. The predicted molar refractivity (Wildman–Crippen MR) is 92.3 cm³/mol. The second-order valence-electron chi connectivity index (χ2n) is 4.82. The van der Waals surface area contributed by atoms with Crippen LogP contribution in [-0.4, -0.2) is 13.6 Å². The molecule has 2 aromatic carbocycles. The molecule has 1 N–H and O–H groups in total. The van der Waals surface area contributed by atoms with Gasteiger partial charge in [0, 0.05) is 9.99 Å². The van der Waals surface area contributed by atoms with Gasteiger partial charge in [-0.05, 0) is 72.4 Å². The number of hydrogen-bond donors (Lipinski definition) is 1. The summed E-state index contributed by atoms with van der Waals surface area (Å²) in [5, 5.41) is 3.20. The highest BCUT2D eigenvalue weighted by molar-refractivity contribution is 14.1. The Morgan fingerprint density at radius 3 is 2.55 bits per heavy atom. The van der Waals surface area contributed by atoms with E-state index in [1.807, 2.05) is 13.1 Å². The fourth-order valence-electron chi connectivity index (χ4n) is 2.14. The van der Waals surface area contributed by atoms with Gasteiger partial charge in [0.1, 0.15) is 11.9 Å². The highest BCUT2D eigenvalue weighted by Crippen LogP contribution is 2.28. The summed E-state index contributed by atoms with van der Waals surface area (Å²) in [6.45, 7) is 3.03. The molecule has 0 spiro atoms. The molecule has 0 saturated carbocycles. The molecule has 0 aliphatic rings. The first-order valence-electron chi connectivity index (χ1n) is 6.83. The van der Waals surface area contributed by atoms with Crippen molar-refractivity contribution in [2.75, 3.05) is 13.6 Å². The van der Waals surface area contributed by atoms with Crippen molar-refractivity contribution >= 4 is 22.6 Å². The molecule has 106 valence electrons. The molecule has 0 unspecified atom stereocenters. The summed E-state index contributed by atoms with van der Waals surface area (Å²) in [6.07, 6.45) is 1.04. The quantitative estimate of drug-likeness (QED) is 0.755. The molecule has 0 aliphatic carbocycles. The van der Waals surface area contributed by atoms with Crippen molar-refractivity contribution in [2.24, 2.45) is 0 Å². The Morgan fingerprint density at radius 2 is 1.90 bits per heavy atom. The summed E-state index contributed by atoms with van der Waals surface area (Å²) in [5.74, 6) is 0.968. The van der Waals surface area contributed by atoms with Crippen molar-refractivity contribution in [3.63, 3.8) is 0 Å². The third kappa shape index (κ3) is 4.21. The molecular weight excluding hydrogens is 359 g/mol. The molecule has 0 amide bonds. The maximum atomic E-state index is 6.25. The van der Waals surface area contributed by atoms with E-state index in [-0.39, 0.29) is 6.10 Å². The summed E-state index contributed by atoms with van der Waals surface area (Å²) < 4.78 is 7.48. The van der Waals surface area contributed by atoms with Gasteiger partial charge in [-0.2, -0.15) is 0 Å². The van der Waals surface area contributed by atoms with Crippen LogP contribution < -0.4 is 10.1 Å². The molecule has 2 aromatic rings. The van der Waals surface area contributed by atoms with Crippen LogP contribution in [0.15, 0.2) is 48.5 Å². The highest BCUT2D eigenvalue weighted by Gasteiger charge is 2.14. The molecule has 2 rings (SSSR count). The largest absolute Gasteiger partial charge is 0.485 e. The van der Waals surface area contributed by atoms with E-state index in [0.29, 0.717) is 0 Å². The van der Waals surface area contributed by atoms with Crippen molar-refractivity contribution in [1.29, 1.82) is 0 Å².